The number of carboxylic acids is 1. The highest BCUT2D eigenvalue weighted by Gasteiger charge is 2.11. The van der Waals surface area contributed by atoms with Crippen LogP contribution in [0.25, 0.3) is 0 Å². The Kier molecular flexibility index (Phi) is 5.61. The van der Waals surface area contributed by atoms with Gasteiger partial charge in [0.1, 0.15) is 6.04 Å². The lowest BCUT2D eigenvalue weighted by molar-refractivity contribution is -0.139. The fourth-order valence-electron chi connectivity index (χ4n) is 0.651. The van der Waals surface area contributed by atoms with E-state index >= 15 is 0 Å². The van der Waals surface area contributed by atoms with Crippen molar-refractivity contribution in [3.63, 3.8) is 0 Å². The van der Waals surface area contributed by atoms with Crippen LogP contribution in [0, 0.1) is 0 Å². The van der Waals surface area contributed by atoms with Crippen molar-refractivity contribution in [3.8, 4) is 0 Å². The van der Waals surface area contributed by atoms with Gasteiger partial charge in [0.05, 0.1) is 12.7 Å². The molecule has 0 bridgehead atoms. The number of ether oxygens (including phenoxy) is 1. The summed E-state index contributed by atoms with van der Waals surface area (Å²) in [5.41, 5.74) is 0. The number of rotatable bonds is 6. The van der Waals surface area contributed by atoms with Crippen LogP contribution in [0.3, 0.4) is 0 Å². The Morgan fingerprint density at radius 2 is 2.25 bits per heavy atom. The maximum Gasteiger partial charge on any atom is 0.320 e. The van der Waals surface area contributed by atoms with Crippen LogP contribution in [0.1, 0.15) is 6.92 Å². The minimum absolute atomic E-state index is 0.208. The van der Waals surface area contributed by atoms with Crippen molar-refractivity contribution in [1.29, 1.82) is 0 Å². The summed E-state index contributed by atoms with van der Waals surface area (Å²) in [6, 6.07) is -0.642. The second-order valence-corrected chi connectivity index (χ2v) is 2.58. The van der Waals surface area contributed by atoms with E-state index in [4.69, 9.17) is 10.2 Å². The highest BCUT2D eigenvalue weighted by molar-refractivity contribution is 5.72. The average molecular weight is 177 g/mol. The van der Waals surface area contributed by atoms with Crippen LogP contribution in [-0.4, -0.2) is 48.6 Å². The fraction of sp³-hybridized carbons (Fsp3) is 0.857. The minimum Gasteiger partial charge on any atom is -0.480 e. The van der Waals surface area contributed by atoms with Gasteiger partial charge in [0.2, 0.25) is 0 Å². The van der Waals surface area contributed by atoms with Crippen LogP contribution in [0.15, 0.2) is 0 Å². The highest BCUT2D eigenvalue weighted by Crippen LogP contribution is 1.85. The van der Waals surface area contributed by atoms with Gasteiger partial charge in [0.25, 0.3) is 0 Å². The van der Waals surface area contributed by atoms with Gasteiger partial charge in [-0.3, -0.25) is 4.79 Å². The van der Waals surface area contributed by atoms with Crippen LogP contribution in [0.5, 0.6) is 0 Å². The maximum absolute atomic E-state index is 10.3. The molecule has 0 aliphatic heterocycles. The zero-order valence-electron chi connectivity index (χ0n) is 7.28. The molecule has 72 valence electrons. The van der Waals surface area contributed by atoms with Crippen LogP contribution >= 0.6 is 0 Å². The second kappa shape index (κ2) is 5.93. The molecule has 2 atom stereocenters. The molecule has 0 aromatic heterocycles. The molecule has 5 nitrogen and oxygen atoms in total. The lowest BCUT2D eigenvalue weighted by Crippen LogP contribution is -2.40. The molecule has 0 aliphatic carbocycles. The van der Waals surface area contributed by atoms with Crippen LogP contribution in [0.4, 0.5) is 0 Å². The summed E-state index contributed by atoms with van der Waals surface area (Å²) in [7, 11) is 1.48. The standard InChI is InChI=1S/C7H15NO4/c1-5(7(10)11)8-3-6(9)4-12-2/h5-6,8-9H,3-4H2,1-2H3,(H,10,11). The maximum atomic E-state index is 10.3. The number of aliphatic carboxylic acids is 1. The van der Waals surface area contributed by atoms with Crippen molar-refractivity contribution in [3.05, 3.63) is 0 Å². The minimum atomic E-state index is -0.931. The molecule has 2 unspecified atom stereocenters. The number of carbonyl (C=O) groups is 1. The average Bonchev–Trinajstić information content (AvgIpc) is 2.00. The highest BCUT2D eigenvalue weighted by atomic mass is 16.5. The number of carboxylic acid groups (broad SMARTS) is 1. The molecule has 0 spiro atoms. The van der Waals surface area contributed by atoms with E-state index in [9.17, 15) is 4.79 Å². The van der Waals surface area contributed by atoms with E-state index in [0.29, 0.717) is 0 Å². The van der Waals surface area contributed by atoms with Gasteiger partial charge in [-0.2, -0.15) is 0 Å². The summed E-state index contributed by atoms with van der Waals surface area (Å²) in [5, 5.41) is 20.2. The number of nitrogens with one attached hydrogen (secondary N) is 1. The third-order valence-corrected chi connectivity index (χ3v) is 1.39. The summed E-state index contributed by atoms with van der Waals surface area (Å²) in [4.78, 5) is 10.3. The Labute approximate surface area is 71.3 Å². The molecule has 0 saturated heterocycles. The second-order valence-electron chi connectivity index (χ2n) is 2.58. The molecular formula is C7H15NO4. The predicted molar refractivity (Wildman–Crippen MR) is 43.0 cm³/mol. The van der Waals surface area contributed by atoms with E-state index in [1.165, 1.54) is 14.0 Å². The van der Waals surface area contributed by atoms with Crippen molar-refractivity contribution in [2.24, 2.45) is 0 Å². The van der Waals surface area contributed by atoms with Gasteiger partial charge in [-0.1, -0.05) is 0 Å². The summed E-state index contributed by atoms with van der Waals surface area (Å²) < 4.78 is 4.66. The van der Waals surface area contributed by atoms with Crippen molar-refractivity contribution in [2.75, 3.05) is 20.3 Å². The summed E-state index contributed by atoms with van der Waals surface area (Å²) in [6.07, 6.45) is -0.656. The molecular weight excluding hydrogens is 162 g/mol. The quantitative estimate of drug-likeness (QED) is 0.488. The summed E-state index contributed by atoms with van der Waals surface area (Å²) in [5.74, 6) is -0.931. The van der Waals surface area contributed by atoms with E-state index in [2.05, 4.69) is 10.1 Å². The molecule has 3 N–H and O–H groups in total. The molecule has 0 radical (unpaired) electrons. The predicted octanol–water partition coefficient (Wildman–Crippen LogP) is -0.944. The van der Waals surface area contributed by atoms with Gasteiger partial charge >= 0.3 is 5.97 Å². The SMILES string of the molecule is COCC(O)CNC(C)C(=O)O. The Morgan fingerprint density at radius 3 is 2.67 bits per heavy atom. The first-order chi connectivity index (χ1) is 5.57. The topological polar surface area (TPSA) is 78.8 Å². The number of aliphatic hydroxyl groups is 1. The first-order valence-corrected chi connectivity index (χ1v) is 3.71. The smallest absolute Gasteiger partial charge is 0.320 e. The largest absolute Gasteiger partial charge is 0.480 e. The fourth-order valence-corrected chi connectivity index (χ4v) is 0.651. The molecule has 0 aromatic rings. The van der Waals surface area contributed by atoms with E-state index in [0.717, 1.165) is 0 Å². The molecule has 0 amide bonds. The van der Waals surface area contributed by atoms with Gasteiger partial charge in [-0.15, -0.1) is 0 Å². The van der Waals surface area contributed by atoms with E-state index in [1.807, 2.05) is 0 Å². The third kappa shape index (κ3) is 5.06. The van der Waals surface area contributed by atoms with Gasteiger partial charge < -0.3 is 20.3 Å². The monoisotopic (exact) mass is 177 g/mol. The zero-order valence-corrected chi connectivity index (χ0v) is 7.28. The summed E-state index contributed by atoms with van der Waals surface area (Å²) in [6.45, 7) is 1.95. The number of aliphatic hydroxyl groups excluding tert-OH is 1. The van der Waals surface area contributed by atoms with E-state index in [1.54, 1.807) is 0 Å². The van der Waals surface area contributed by atoms with Crippen molar-refractivity contribution in [1.82, 2.24) is 5.32 Å². The van der Waals surface area contributed by atoms with Crippen LogP contribution < -0.4 is 5.32 Å². The molecule has 0 heterocycles. The normalized spacial score (nSPS) is 15.6. The number of methoxy groups -OCH3 is 1. The first-order valence-electron chi connectivity index (χ1n) is 3.71. The number of hydrogen-bond acceptors (Lipinski definition) is 4. The molecule has 0 rings (SSSR count). The Bertz CT molecular complexity index is 139. The van der Waals surface area contributed by atoms with Gasteiger partial charge in [-0.05, 0) is 6.92 Å². The van der Waals surface area contributed by atoms with E-state index < -0.39 is 18.1 Å². The Balaban J connectivity index is 3.46. The van der Waals surface area contributed by atoms with E-state index in [-0.39, 0.29) is 13.2 Å². The molecule has 5 heteroatoms. The van der Waals surface area contributed by atoms with Crippen molar-refractivity contribution >= 4 is 5.97 Å². The van der Waals surface area contributed by atoms with Gasteiger partial charge in [-0.25, -0.2) is 0 Å². The lowest BCUT2D eigenvalue weighted by atomic mass is 10.3. The van der Waals surface area contributed by atoms with Crippen LogP contribution in [0.2, 0.25) is 0 Å². The first kappa shape index (κ1) is 11.4. The van der Waals surface area contributed by atoms with Crippen molar-refractivity contribution < 1.29 is 19.7 Å². The summed E-state index contributed by atoms with van der Waals surface area (Å²) >= 11 is 0. The van der Waals surface area contributed by atoms with Crippen LogP contribution in [-0.2, 0) is 9.53 Å². The molecule has 0 aliphatic rings. The zero-order chi connectivity index (χ0) is 9.56. The Morgan fingerprint density at radius 1 is 1.67 bits per heavy atom. The van der Waals surface area contributed by atoms with Crippen molar-refractivity contribution in [2.45, 2.75) is 19.1 Å². The molecule has 0 aromatic carbocycles. The lowest BCUT2D eigenvalue weighted by Gasteiger charge is -2.12. The van der Waals surface area contributed by atoms with Gasteiger partial charge in [0.15, 0.2) is 0 Å². The van der Waals surface area contributed by atoms with Gasteiger partial charge in [0, 0.05) is 13.7 Å². The number of hydrogen-bond donors (Lipinski definition) is 3. The molecule has 12 heavy (non-hydrogen) atoms. The Hall–Kier alpha value is -0.650. The molecule has 0 saturated carbocycles. The third-order valence-electron chi connectivity index (χ3n) is 1.39. The molecule has 0 fully saturated rings.